The van der Waals surface area contributed by atoms with Crippen molar-refractivity contribution in [1.29, 1.82) is 0 Å². The summed E-state index contributed by atoms with van der Waals surface area (Å²) >= 11 is 0. The fourth-order valence-corrected chi connectivity index (χ4v) is 1.91. The predicted molar refractivity (Wildman–Crippen MR) is 109 cm³/mol. The van der Waals surface area contributed by atoms with Crippen LogP contribution in [0.4, 0.5) is 0 Å². The zero-order valence-corrected chi connectivity index (χ0v) is 18.0. The van der Waals surface area contributed by atoms with Crippen molar-refractivity contribution >= 4 is 35.9 Å². The Labute approximate surface area is 166 Å². The van der Waals surface area contributed by atoms with Gasteiger partial charge in [-0.25, -0.2) is 4.79 Å². The van der Waals surface area contributed by atoms with Gasteiger partial charge in [-0.05, 0) is 31.5 Å². The van der Waals surface area contributed by atoms with E-state index < -0.39 is 5.97 Å². The van der Waals surface area contributed by atoms with Crippen LogP contribution in [0.15, 0.2) is 23.2 Å². The molecule has 0 spiro atoms. The number of methoxy groups -OCH3 is 3. The molecule has 7 nitrogen and oxygen atoms in total. The fraction of sp³-hybridized carbons (Fsp3) is 0.529. The lowest BCUT2D eigenvalue weighted by molar-refractivity contribution is 0.0268. The van der Waals surface area contributed by atoms with Gasteiger partial charge in [0, 0.05) is 27.2 Å². The van der Waals surface area contributed by atoms with Gasteiger partial charge in [-0.3, -0.25) is 4.99 Å². The third-order valence-electron chi connectivity index (χ3n) is 3.59. The lowest BCUT2D eigenvalue weighted by Gasteiger charge is -2.24. The van der Waals surface area contributed by atoms with E-state index >= 15 is 0 Å². The van der Waals surface area contributed by atoms with Gasteiger partial charge in [0.15, 0.2) is 5.96 Å². The van der Waals surface area contributed by atoms with Crippen LogP contribution in [-0.4, -0.2) is 52.5 Å². The van der Waals surface area contributed by atoms with Crippen LogP contribution >= 0.6 is 24.0 Å². The second kappa shape index (κ2) is 11.1. The van der Waals surface area contributed by atoms with Crippen LogP contribution in [0.2, 0.25) is 0 Å². The number of carbonyl (C=O) groups is 1. The molecule has 25 heavy (non-hydrogen) atoms. The van der Waals surface area contributed by atoms with Crippen LogP contribution in [0.3, 0.4) is 0 Å². The minimum absolute atomic E-state index is 0. The Morgan fingerprint density at radius 2 is 1.88 bits per heavy atom. The van der Waals surface area contributed by atoms with E-state index in [2.05, 4.69) is 15.6 Å². The molecule has 0 heterocycles. The van der Waals surface area contributed by atoms with Crippen molar-refractivity contribution in [3.63, 3.8) is 0 Å². The maximum Gasteiger partial charge on any atom is 0.341 e. The molecule has 0 saturated heterocycles. The quantitative estimate of drug-likeness (QED) is 0.278. The van der Waals surface area contributed by atoms with Gasteiger partial charge in [0.05, 0.1) is 19.8 Å². The van der Waals surface area contributed by atoms with E-state index in [-0.39, 0.29) is 29.6 Å². The van der Waals surface area contributed by atoms with E-state index in [1.54, 1.807) is 26.3 Å². The molecule has 0 saturated carbocycles. The predicted octanol–water partition coefficient (Wildman–Crippen LogP) is 2.19. The van der Waals surface area contributed by atoms with Crippen LogP contribution in [-0.2, 0) is 16.0 Å². The molecular weight excluding hydrogens is 437 g/mol. The highest BCUT2D eigenvalue weighted by molar-refractivity contribution is 14.0. The number of hydrogen-bond donors (Lipinski definition) is 2. The first kappa shape index (κ1) is 23.4. The Hall–Kier alpha value is -1.55. The highest BCUT2D eigenvalue weighted by Crippen LogP contribution is 2.20. The monoisotopic (exact) mass is 465 g/mol. The third-order valence-corrected chi connectivity index (χ3v) is 3.59. The molecule has 0 aliphatic heterocycles. The minimum Gasteiger partial charge on any atom is -0.496 e. The molecule has 0 unspecified atom stereocenters. The standard InChI is InChI=1S/C17H27N3O4.HI/c1-17(2,24-6)11-20-16(18-3)19-10-12-7-8-14(22-4)13(9-12)15(21)23-5;/h7-9H,10-11H2,1-6H3,(H2,18,19,20);1H. The summed E-state index contributed by atoms with van der Waals surface area (Å²) in [6.45, 7) is 5.08. The molecule has 0 bridgehead atoms. The molecule has 0 fully saturated rings. The first-order valence-electron chi connectivity index (χ1n) is 7.61. The van der Waals surface area contributed by atoms with Crippen molar-refractivity contribution in [2.75, 3.05) is 34.9 Å². The number of guanidine groups is 1. The van der Waals surface area contributed by atoms with Gasteiger partial charge in [0.2, 0.25) is 0 Å². The number of nitrogens with zero attached hydrogens (tertiary/aromatic N) is 1. The number of esters is 1. The SMILES string of the molecule is CN=C(NCc1ccc(OC)c(C(=O)OC)c1)NCC(C)(C)OC.I. The van der Waals surface area contributed by atoms with Crippen LogP contribution in [0, 0.1) is 0 Å². The van der Waals surface area contributed by atoms with E-state index in [0.29, 0.717) is 30.4 Å². The number of benzene rings is 1. The van der Waals surface area contributed by atoms with Crippen molar-refractivity contribution in [2.45, 2.75) is 26.0 Å². The lowest BCUT2D eigenvalue weighted by Crippen LogP contribution is -2.45. The highest BCUT2D eigenvalue weighted by Gasteiger charge is 2.17. The van der Waals surface area contributed by atoms with E-state index in [0.717, 1.165) is 5.56 Å². The van der Waals surface area contributed by atoms with Crippen LogP contribution in [0.1, 0.15) is 29.8 Å². The van der Waals surface area contributed by atoms with Crippen LogP contribution in [0.25, 0.3) is 0 Å². The minimum atomic E-state index is -0.432. The largest absolute Gasteiger partial charge is 0.496 e. The van der Waals surface area contributed by atoms with Crippen LogP contribution < -0.4 is 15.4 Å². The van der Waals surface area contributed by atoms with E-state index in [1.807, 2.05) is 19.9 Å². The molecule has 0 aliphatic carbocycles. The number of rotatable bonds is 7. The van der Waals surface area contributed by atoms with Gasteiger partial charge in [-0.15, -0.1) is 24.0 Å². The van der Waals surface area contributed by atoms with Gasteiger partial charge >= 0.3 is 5.97 Å². The second-order valence-corrected chi connectivity index (χ2v) is 5.77. The summed E-state index contributed by atoms with van der Waals surface area (Å²) in [5.74, 6) is 0.698. The Bertz CT molecular complexity index is 591. The summed E-state index contributed by atoms with van der Waals surface area (Å²) < 4.78 is 15.3. The summed E-state index contributed by atoms with van der Waals surface area (Å²) in [5, 5.41) is 6.39. The van der Waals surface area contributed by atoms with E-state index in [9.17, 15) is 4.79 Å². The third kappa shape index (κ3) is 7.47. The summed E-state index contributed by atoms with van der Waals surface area (Å²) in [6, 6.07) is 5.36. The summed E-state index contributed by atoms with van der Waals surface area (Å²) in [6.07, 6.45) is 0. The Morgan fingerprint density at radius 1 is 1.20 bits per heavy atom. The zero-order chi connectivity index (χ0) is 18.2. The van der Waals surface area contributed by atoms with Gasteiger partial charge in [0.1, 0.15) is 11.3 Å². The average molecular weight is 465 g/mol. The number of ether oxygens (including phenoxy) is 3. The van der Waals surface area contributed by atoms with Gasteiger partial charge in [-0.2, -0.15) is 0 Å². The Morgan fingerprint density at radius 3 is 2.40 bits per heavy atom. The number of halogens is 1. The molecule has 0 aliphatic rings. The van der Waals surface area contributed by atoms with Crippen molar-refractivity contribution < 1.29 is 19.0 Å². The van der Waals surface area contributed by atoms with Gasteiger partial charge < -0.3 is 24.8 Å². The molecule has 142 valence electrons. The first-order chi connectivity index (χ1) is 11.4. The number of carbonyl (C=O) groups excluding carboxylic acids is 1. The molecule has 0 aromatic heterocycles. The van der Waals surface area contributed by atoms with Crippen molar-refractivity contribution in [1.82, 2.24) is 10.6 Å². The lowest BCUT2D eigenvalue weighted by atomic mass is 10.1. The van der Waals surface area contributed by atoms with Crippen molar-refractivity contribution in [3.05, 3.63) is 29.3 Å². The van der Waals surface area contributed by atoms with Crippen molar-refractivity contribution in [3.8, 4) is 5.75 Å². The van der Waals surface area contributed by atoms with E-state index in [1.165, 1.54) is 14.2 Å². The Kier molecular flexibility index (Phi) is 10.4. The molecule has 0 atom stereocenters. The zero-order valence-electron chi connectivity index (χ0n) is 15.6. The average Bonchev–Trinajstić information content (AvgIpc) is 2.60. The summed E-state index contributed by atoms with van der Waals surface area (Å²) in [5.41, 5.74) is 1.00. The molecule has 1 aromatic rings. The number of nitrogens with one attached hydrogen (secondary N) is 2. The summed E-state index contributed by atoms with van der Waals surface area (Å²) in [4.78, 5) is 16.0. The molecule has 1 rings (SSSR count). The molecule has 0 amide bonds. The van der Waals surface area contributed by atoms with Gasteiger partial charge in [0.25, 0.3) is 0 Å². The smallest absolute Gasteiger partial charge is 0.341 e. The maximum absolute atomic E-state index is 11.8. The number of aliphatic imine (C=N–C) groups is 1. The first-order valence-corrected chi connectivity index (χ1v) is 7.61. The highest BCUT2D eigenvalue weighted by atomic mass is 127. The van der Waals surface area contributed by atoms with Crippen LogP contribution in [0.5, 0.6) is 5.75 Å². The molecule has 1 aromatic carbocycles. The molecule has 2 N–H and O–H groups in total. The molecule has 0 radical (unpaired) electrons. The fourth-order valence-electron chi connectivity index (χ4n) is 1.91. The normalized spacial score (nSPS) is 11.4. The summed E-state index contributed by atoms with van der Waals surface area (Å²) in [7, 11) is 6.23. The number of hydrogen-bond acceptors (Lipinski definition) is 5. The molecule has 8 heteroatoms. The second-order valence-electron chi connectivity index (χ2n) is 5.77. The maximum atomic E-state index is 11.8. The van der Waals surface area contributed by atoms with Gasteiger partial charge in [-0.1, -0.05) is 6.07 Å². The van der Waals surface area contributed by atoms with Crippen molar-refractivity contribution in [2.24, 2.45) is 4.99 Å². The van der Waals surface area contributed by atoms with E-state index in [4.69, 9.17) is 14.2 Å². The molecular formula is C17H28IN3O4. The Balaban J connectivity index is 0.00000576. The topological polar surface area (TPSA) is 81.2 Å².